The SMILES string of the molecule is Cc1cc(Cl)ccc1NC(=O)Cn1nncc1C. The number of aromatic nitrogens is 3. The van der Waals surface area contributed by atoms with Crippen LogP contribution in [0.4, 0.5) is 5.69 Å². The lowest BCUT2D eigenvalue weighted by molar-refractivity contribution is -0.117. The van der Waals surface area contributed by atoms with Crippen LogP contribution in [0.15, 0.2) is 24.4 Å². The molecule has 0 aliphatic heterocycles. The number of nitrogens with zero attached hydrogens (tertiary/aromatic N) is 3. The van der Waals surface area contributed by atoms with E-state index in [0.717, 1.165) is 16.9 Å². The van der Waals surface area contributed by atoms with Crippen LogP contribution in [0.1, 0.15) is 11.3 Å². The van der Waals surface area contributed by atoms with Crippen LogP contribution in [0.2, 0.25) is 5.02 Å². The van der Waals surface area contributed by atoms with Crippen molar-refractivity contribution in [1.29, 1.82) is 0 Å². The van der Waals surface area contributed by atoms with Crippen molar-refractivity contribution in [1.82, 2.24) is 15.0 Å². The molecule has 1 aromatic heterocycles. The highest BCUT2D eigenvalue weighted by atomic mass is 35.5. The third-order valence-electron chi connectivity index (χ3n) is 2.57. The van der Waals surface area contributed by atoms with Gasteiger partial charge in [0.2, 0.25) is 5.91 Å². The number of aryl methyl sites for hydroxylation is 2. The molecule has 0 saturated carbocycles. The first-order chi connectivity index (χ1) is 8.56. The van der Waals surface area contributed by atoms with Crippen molar-refractivity contribution < 1.29 is 4.79 Å². The number of nitrogens with one attached hydrogen (secondary N) is 1. The number of anilines is 1. The molecular weight excluding hydrogens is 252 g/mol. The quantitative estimate of drug-likeness (QED) is 0.924. The molecule has 0 unspecified atom stereocenters. The molecular formula is C12H13ClN4O. The van der Waals surface area contributed by atoms with Gasteiger partial charge in [-0.25, -0.2) is 4.68 Å². The van der Waals surface area contributed by atoms with Gasteiger partial charge in [-0.2, -0.15) is 0 Å². The number of hydrogen-bond acceptors (Lipinski definition) is 3. The lowest BCUT2D eigenvalue weighted by Gasteiger charge is -2.09. The molecule has 18 heavy (non-hydrogen) atoms. The number of benzene rings is 1. The minimum Gasteiger partial charge on any atom is -0.324 e. The van der Waals surface area contributed by atoms with Crippen LogP contribution < -0.4 is 5.32 Å². The number of hydrogen-bond donors (Lipinski definition) is 1. The highest BCUT2D eigenvalue weighted by molar-refractivity contribution is 6.30. The molecule has 94 valence electrons. The molecule has 2 aromatic rings. The summed E-state index contributed by atoms with van der Waals surface area (Å²) in [4.78, 5) is 11.8. The van der Waals surface area contributed by atoms with Gasteiger partial charge in [0.1, 0.15) is 6.54 Å². The van der Waals surface area contributed by atoms with Crippen LogP contribution in [0.3, 0.4) is 0 Å². The minimum atomic E-state index is -0.144. The summed E-state index contributed by atoms with van der Waals surface area (Å²) in [6.45, 7) is 3.89. The lowest BCUT2D eigenvalue weighted by atomic mass is 10.2. The highest BCUT2D eigenvalue weighted by Gasteiger charge is 2.08. The van der Waals surface area contributed by atoms with E-state index in [1.807, 2.05) is 13.8 Å². The summed E-state index contributed by atoms with van der Waals surface area (Å²) in [7, 11) is 0. The molecule has 5 nitrogen and oxygen atoms in total. The second kappa shape index (κ2) is 5.18. The standard InChI is InChI=1S/C12H13ClN4O/c1-8-5-10(13)3-4-11(8)15-12(18)7-17-9(2)6-14-16-17/h3-6H,7H2,1-2H3,(H,15,18). The zero-order valence-electron chi connectivity index (χ0n) is 10.1. The van der Waals surface area contributed by atoms with E-state index in [-0.39, 0.29) is 12.5 Å². The molecule has 0 saturated heterocycles. The van der Waals surface area contributed by atoms with Crippen LogP contribution in [-0.4, -0.2) is 20.9 Å². The molecule has 2 rings (SSSR count). The normalized spacial score (nSPS) is 10.4. The lowest BCUT2D eigenvalue weighted by Crippen LogP contribution is -2.20. The summed E-state index contributed by atoms with van der Waals surface area (Å²) >= 11 is 5.85. The Morgan fingerprint density at radius 1 is 1.44 bits per heavy atom. The van der Waals surface area contributed by atoms with Gasteiger partial charge < -0.3 is 5.32 Å². The number of rotatable bonds is 3. The summed E-state index contributed by atoms with van der Waals surface area (Å²) < 4.78 is 1.54. The second-order valence-corrected chi connectivity index (χ2v) is 4.48. The molecule has 0 aliphatic rings. The van der Waals surface area contributed by atoms with E-state index in [0.29, 0.717) is 5.02 Å². The smallest absolute Gasteiger partial charge is 0.246 e. The fourth-order valence-corrected chi connectivity index (χ4v) is 1.78. The number of amides is 1. The summed E-state index contributed by atoms with van der Waals surface area (Å²) in [5.74, 6) is -0.144. The van der Waals surface area contributed by atoms with Gasteiger partial charge in [0.25, 0.3) is 0 Å². The zero-order chi connectivity index (χ0) is 13.1. The summed E-state index contributed by atoms with van der Waals surface area (Å²) in [6.07, 6.45) is 1.61. The van der Waals surface area contributed by atoms with Crippen molar-refractivity contribution in [2.45, 2.75) is 20.4 Å². The maximum Gasteiger partial charge on any atom is 0.246 e. The number of halogens is 1. The average Bonchev–Trinajstić information content (AvgIpc) is 2.69. The summed E-state index contributed by atoms with van der Waals surface area (Å²) in [5.41, 5.74) is 2.52. The molecule has 0 fully saturated rings. The van der Waals surface area contributed by atoms with Gasteiger partial charge in [0.15, 0.2) is 0 Å². The molecule has 6 heteroatoms. The predicted molar refractivity (Wildman–Crippen MR) is 69.6 cm³/mol. The molecule has 0 atom stereocenters. The van der Waals surface area contributed by atoms with Crippen LogP contribution in [0, 0.1) is 13.8 Å². The summed E-state index contributed by atoms with van der Waals surface area (Å²) in [5, 5.41) is 11.0. The molecule has 1 aromatic carbocycles. The van der Waals surface area contributed by atoms with E-state index in [1.165, 1.54) is 0 Å². The van der Waals surface area contributed by atoms with Gasteiger partial charge in [-0.3, -0.25) is 4.79 Å². The van der Waals surface area contributed by atoms with Crippen LogP contribution >= 0.6 is 11.6 Å². The van der Waals surface area contributed by atoms with Gasteiger partial charge in [-0.05, 0) is 37.6 Å². The fraction of sp³-hybridized carbons (Fsp3) is 0.250. The van der Waals surface area contributed by atoms with Crippen molar-refractivity contribution in [2.24, 2.45) is 0 Å². The minimum absolute atomic E-state index is 0.144. The molecule has 1 amide bonds. The maximum atomic E-state index is 11.8. The van der Waals surface area contributed by atoms with Crippen molar-refractivity contribution >= 4 is 23.2 Å². The van der Waals surface area contributed by atoms with Gasteiger partial charge in [0.05, 0.1) is 11.9 Å². The first-order valence-corrected chi connectivity index (χ1v) is 5.85. The van der Waals surface area contributed by atoms with Crippen LogP contribution in [0.25, 0.3) is 0 Å². The van der Waals surface area contributed by atoms with Crippen molar-refractivity contribution in [3.8, 4) is 0 Å². The first-order valence-electron chi connectivity index (χ1n) is 5.47. The average molecular weight is 265 g/mol. The third kappa shape index (κ3) is 2.87. The van der Waals surface area contributed by atoms with Gasteiger partial charge in [-0.15, -0.1) is 5.10 Å². The van der Waals surface area contributed by atoms with E-state index >= 15 is 0 Å². The molecule has 0 aliphatic carbocycles. The molecule has 0 radical (unpaired) electrons. The Morgan fingerprint density at radius 3 is 2.83 bits per heavy atom. The van der Waals surface area contributed by atoms with E-state index in [1.54, 1.807) is 29.1 Å². The largest absolute Gasteiger partial charge is 0.324 e. The van der Waals surface area contributed by atoms with Crippen LogP contribution in [0.5, 0.6) is 0 Å². The Hall–Kier alpha value is -1.88. The van der Waals surface area contributed by atoms with Gasteiger partial charge in [-0.1, -0.05) is 16.8 Å². The van der Waals surface area contributed by atoms with E-state index < -0.39 is 0 Å². The predicted octanol–water partition coefficient (Wildman–Crippen LogP) is 2.19. The Balaban J connectivity index is 2.05. The van der Waals surface area contributed by atoms with E-state index in [4.69, 9.17) is 11.6 Å². The Bertz CT molecular complexity index is 579. The Labute approximate surface area is 110 Å². The molecule has 0 bridgehead atoms. The zero-order valence-corrected chi connectivity index (χ0v) is 10.9. The highest BCUT2D eigenvalue weighted by Crippen LogP contribution is 2.19. The monoisotopic (exact) mass is 264 g/mol. The maximum absolute atomic E-state index is 11.8. The fourth-order valence-electron chi connectivity index (χ4n) is 1.56. The van der Waals surface area contributed by atoms with Gasteiger partial charge >= 0.3 is 0 Å². The van der Waals surface area contributed by atoms with E-state index in [2.05, 4.69) is 15.6 Å². The van der Waals surface area contributed by atoms with Gasteiger partial charge in [0, 0.05) is 10.7 Å². The topological polar surface area (TPSA) is 59.8 Å². The number of carbonyl (C=O) groups excluding carboxylic acids is 1. The molecule has 0 spiro atoms. The number of carbonyl (C=O) groups is 1. The van der Waals surface area contributed by atoms with Crippen LogP contribution in [-0.2, 0) is 11.3 Å². The summed E-state index contributed by atoms with van der Waals surface area (Å²) in [6, 6.07) is 5.33. The van der Waals surface area contributed by atoms with Crippen molar-refractivity contribution in [2.75, 3.05) is 5.32 Å². The Kier molecular flexibility index (Phi) is 3.62. The third-order valence-corrected chi connectivity index (χ3v) is 2.80. The molecule has 1 heterocycles. The van der Waals surface area contributed by atoms with Crippen molar-refractivity contribution in [3.63, 3.8) is 0 Å². The second-order valence-electron chi connectivity index (χ2n) is 4.04. The Morgan fingerprint density at radius 2 is 2.22 bits per heavy atom. The van der Waals surface area contributed by atoms with E-state index in [9.17, 15) is 4.79 Å². The molecule has 1 N–H and O–H groups in total. The first kappa shape index (κ1) is 12.6. The van der Waals surface area contributed by atoms with Crippen molar-refractivity contribution in [3.05, 3.63) is 40.7 Å².